The van der Waals surface area contributed by atoms with E-state index in [0.717, 1.165) is 36.9 Å². The summed E-state index contributed by atoms with van der Waals surface area (Å²) in [6.45, 7) is 0.452. The lowest BCUT2D eigenvalue weighted by atomic mass is 9.75. The number of fused-ring (bicyclic) bond motifs is 3. The van der Waals surface area contributed by atoms with Gasteiger partial charge in [-0.1, -0.05) is 24.3 Å². The average Bonchev–Trinajstić information content (AvgIpc) is 3.37. The summed E-state index contributed by atoms with van der Waals surface area (Å²) in [6.07, 6.45) is 10.3. The fraction of sp³-hybridized carbons (Fsp3) is 0.435. The predicted molar refractivity (Wildman–Crippen MR) is 117 cm³/mol. The zero-order chi connectivity index (χ0) is 21.4. The van der Waals surface area contributed by atoms with Crippen LogP contribution in [0.4, 0.5) is 5.95 Å². The molecule has 0 amide bonds. The Balaban J connectivity index is 1.20. The Morgan fingerprint density at radius 2 is 1.90 bits per heavy atom. The van der Waals surface area contributed by atoms with Gasteiger partial charge >= 0.3 is 0 Å². The van der Waals surface area contributed by atoms with Crippen molar-refractivity contribution in [3.8, 4) is 11.3 Å². The fourth-order valence-corrected chi connectivity index (χ4v) is 4.90. The molecule has 8 heteroatoms. The molecule has 162 valence electrons. The zero-order valence-corrected chi connectivity index (χ0v) is 17.4. The number of aliphatic hydroxyl groups excluding tert-OH is 1. The molecule has 5 rings (SSSR count). The van der Waals surface area contributed by atoms with Crippen LogP contribution in [-0.4, -0.2) is 42.4 Å². The minimum atomic E-state index is -0.609. The maximum absolute atomic E-state index is 11.2. The zero-order valence-electron chi connectivity index (χ0n) is 17.4. The third-order valence-electron chi connectivity index (χ3n) is 6.78. The molecule has 2 unspecified atom stereocenters. The van der Waals surface area contributed by atoms with Crippen molar-refractivity contribution in [3.63, 3.8) is 0 Å². The summed E-state index contributed by atoms with van der Waals surface area (Å²) in [7, 11) is 0. The van der Waals surface area contributed by atoms with Crippen molar-refractivity contribution in [2.75, 3.05) is 5.73 Å². The Hall–Kier alpha value is -2.81. The van der Waals surface area contributed by atoms with Crippen molar-refractivity contribution in [1.82, 2.24) is 19.5 Å². The lowest BCUT2D eigenvalue weighted by Gasteiger charge is -2.41. The van der Waals surface area contributed by atoms with Crippen molar-refractivity contribution in [2.24, 2.45) is 5.73 Å². The minimum absolute atomic E-state index is 0.0589. The van der Waals surface area contributed by atoms with E-state index in [1.165, 1.54) is 11.1 Å². The van der Waals surface area contributed by atoms with Gasteiger partial charge in [-0.05, 0) is 31.2 Å². The number of hydrogen-bond donors (Lipinski definition) is 3. The Morgan fingerprint density at radius 3 is 2.68 bits per heavy atom. The van der Waals surface area contributed by atoms with Crippen LogP contribution in [0.2, 0.25) is 0 Å². The Bertz CT molecular complexity index is 1040. The summed E-state index contributed by atoms with van der Waals surface area (Å²) in [5, 5.41) is 11.2. The van der Waals surface area contributed by atoms with Crippen LogP contribution >= 0.6 is 0 Å². The molecule has 1 saturated carbocycles. The second kappa shape index (κ2) is 8.03. The number of ether oxygens (including phenoxy) is 1. The summed E-state index contributed by atoms with van der Waals surface area (Å²) in [4.78, 5) is 12.3. The van der Waals surface area contributed by atoms with Gasteiger partial charge in [-0.25, -0.2) is 15.0 Å². The Morgan fingerprint density at radius 1 is 1.16 bits per heavy atom. The van der Waals surface area contributed by atoms with E-state index in [0.29, 0.717) is 13.0 Å². The van der Waals surface area contributed by atoms with Crippen molar-refractivity contribution in [1.29, 1.82) is 0 Å². The van der Waals surface area contributed by atoms with Gasteiger partial charge in [-0.3, -0.25) is 0 Å². The monoisotopic (exact) mass is 420 g/mol. The standard InChI is InChI=1S/C23H28N6O2/c24-22-27-10-15(11-28-22)13-31-16-5-7-23(25,8-6-16)21(30)9-19-17-3-1-2-4-18(17)20-12-26-14-29(19)20/h1-4,10-12,14,16,19,21,30H,5-9,13,25H2,(H2,24,27,28)/t16-,19?,21?,23+. The average molecular weight is 421 g/mol. The molecule has 2 aliphatic rings. The molecule has 31 heavy (non-hydrogen) atoms. The van der Waals surface area contributed by atoms with E-state index in [1.807, 2.05) is 24.7 Å². The van der Waals surface area contributed by atoms with Crippen LogP contribution in [-0.2, 0) is 11.3 Å². The van der Waals surface area contributed by atoms with Gasteiger partial charge < -0.3 is 25.9 Å². The number of anilines is 1. The minimum Gasteiger partial charge on any atom is -0.391 e. The molecular weight excluding hydrogens is 392 g/mol. The smallest absolute Gasteiger partial charge is 0.219 e. The largest absolute Gasteiger partial charge is 0.391 e. The van der Waals surface area contributed by atoms with E-state index in [4.69, 9.17) is 16.2 Å². The molecule has 0 bridgehead atoms. The molecule has 1 aliphatic heterocycles. The van der Waals surface area contributed by atoms with E-state index in [-0.39, 0.29) is 18.1 Å². The summed E-state index contributed by atoms with van der Waals surface area (Å²) in [5.74, 6) is 0.260. The molecule has 0 saturated heterocycles. The molecule has 0 spiro atoms. The number of nitrogens with zero attached hydrogens (tertiary/aromatic N) is 4. The number of nitrogen functional groups attached to an aromatic ring is 1. The highest BCUT2D eigenvalue weighted by atomic mass is 16.5. The van der Waals surface area contributed by atoms with E-state index in [1.54, 1.807) is 12.4 Å². The van der Waals surface area contributed by atoms with E-state index < -0.39 is 11.6 Å². The third-order valence-corrected chi connectivity index (χ3v) is 6.78. The molecule has 8 nitrogen and oxygen atoms in total. The molecule has 1 aromatic carbocycles. The summed E-state index contributed by atoms with van der Waals surface area (Å²) >= 11 is 0. The van der Waals surface area contributed by atoms with Gasteiger partial charge in [-0.2, -0.15) is 0 Å². The molecule has 3 aromatic rings. The SMILES string of the molecule is Nc1ncc(CO[C@H]2CC[C@](N)(C(O)CC3c4ccccc4-c4cncn43)CC2)cn1. The van der Waals surface area contributed by atoms with Gasteiger partial charge in [0, 0.05) is 35.5 Å². The highest BCUT2D eigenvalue weighted by molar-refractivity contribution is 5.68. The van der Waals surface area contributed by atoms with Crippen molar-refractivity contribution >= 4 is 5.95 Å². The van der Waals surface area contributed by atoms with Crippen LogP contribution in [0.15, 0.2) is 49.2 Å². The Labute approximate surface area is 181 Å². The second-order valence-electron chi connectivity index (χ2n) is 8.73. The first kappa shape index (κ1) is 20.1. The van der Waals surface area contributed by atoms with Gasteiger partial charge in [0.25, 0.3) is 0 Å². The van der Waals surface area contributed by atoms with Gasteiger partial charge in [0.1, 0.15) is 0 Å². The van der Waals surface area contributed by atoms with Crippen molar-refractivity contribution in [2.45, 2.75) is 62.5 Å². The summed E-state index contributed by atoms with van der Waals surface area (Å²) < 4.78 is 8.18. The quantitative estimate of drug-likeness (QED) is 0.559. The molecule has 3 heterocycles. The predicted octanol–water partition coefficient (Wildman–Crippen LogP) is 2.43. The molecule has 0 radical (unpaired) electrons. The van der Waals surface area contributed by atoms with Crippen LogP contribution in [0, 0.1) is 0 Å². The summed E-state index contributed by atoms with van der Waals surface area (Å²) in [6, 6.07) is 8.39. The van der Waals surface area contributed by atoms with Crippen molar-refractivity contribution in [3.05, 3.63) is 60.3 Å². The molecule has 1 aliphatic carbocycles. The Kier molecular flexibility index (Phi) is 5.21. The van der Waals surface area contributed by atoms with E-state index in [2.05, 4.69) is 31.7 Å². The van der Waals surface area contributed by atoms with Gasteiger partial charge in [-0.15, -0.1) is 0 Å². The first-order valence-electron chi connectivity index (χ1n) is 10.8. The van der Waals surface area contributed by atoms with Crippen molar-refractivity contribution < 1.29 is 9.84 Å². The first-order chi connectivity index (χ1) is 15.0. The number of rotatable bonds is 6. The molecule has 5 N–H and O–H groups in total. The maximum Gasteiger partial charge on any atom is 0.219 e. The number of aliphatic hydroxyl groups is 1. The molecular formula is C23H28N6O2. The van der Waals surface area contributed by atoms with E-state index >= 15 is 0 Å². The highest BCUT2D eigenvalue weighted by Crippen LogP contribution is 2.43. The van der Waals surface area contributed by atoms with Crippen LogP contribution in [0.5, 0.6) is 0 Å². The number of aromatic nitrogens is 4. The van der Waals surface area contributed by atoms with Gasteiger partial charge in [0.05, 0.1) is 43.1 Å². The lowest BCUT2D eigenvalue weighted by molar-refractivity contribution is -0.0268. The first-order valence-corrected chi connectivity index (χ1v) is 10.8. The second-order valence-corrected chi connectivity index (χ2v) is 8.73. The normalized spacial score (nSPS) is 25.7. The molecule has 2 atom stereocenters. The van der Waals surface area contributed by atoms with Crippen LogP contribution in [0.1, 0.15) is 49.3 Å². The maximum atomic E-state index is 11.2. The number of benzene rings is 1. The molecule has 1 fully saturated rings. The number of imidazole rings is 1. The fourth-order valence-electron chi connectivity index (χ4n) is 4.90. The summed E-state index contributed by atoms with van der Waals surface area (Å²) in [5.41, 5.74) is 16.0. The molecule has 2 aromatic heterocycles. The van der Waals surface area contributed by atoms with E-state index in [9.17, 15) is 5.11 Å². The van der Waals surface area contributed by atoms with Crippen LogP contribution in [0.25, 0.3) is 11.3 Å². The van der Waals surface area contributed by atoms with Crippen LogP contribution in [0.3, 0.4) is 0 Å². The van der Waals surface area contributed by atoms with Gasteiger partial charge in [0.15, 0.2) is 0 Å². The highest BCUT2D eigenvalue weighted by Gasteiger charge is 2.41. The topological polar surface area (TPSA) is 125 Å². The third kappa shape index (κ3) is 3.82. The van der Waals surface area contributed by atoms with Crippen LogP contribution < -0.4 is 11.5 Å². The van der Waals surface area contributed by atoms with Gasteiger partial charge in [0.2, 0.25) is 5.95 Å². The number of nitrogens with two attached hydrogens (primary N) is 2. The number of hydrogen-bond acceptors (Lipinski definition) is 7. The lowest BCUT2D eigenvalue weighted by Crippen LogP contribution is -2.54.